The molecule has 19 heavy (non-hydrogen) atoms. The Bertz CT molecular complexity index is 420. The summed E-state index contributed by atoms with van der Waals surface area (Å²) in [6.45, 7) is 5.95. The Kier molecular flexibility index (Phi) is 8.62. The summed E-state index contributed by atoms with van der Waals surface area (Å²) in [6, 6.07) is 3.57. The second-order valence-corrected chi connectivity index (χ2v) is 3.90. The van der Waals surface area contributed by atoms with Crippen LogP contribution >= 0.6 is 24.0 Å². The van der Waals surface area contributed by atoms with Crippen LogP contribution in [-0.4, -0.2) is 30.5 Å². The summed E-state index contributed by atoms with van der Waals surface area (Å²) in [4.78, 5) is 6.10. The fourth-order valence-electron chi connectivity index (χ4n) is 1.66. The van der Waals surface area contributed by atoms with Gasteiger partial charge in [-0.15, -0.1) is 24.0 Å². The zero-order valence-corrected chi connectivity index (χ0v) is 13.5. The topological polar surface area (TPSA) is 41.6 Å². The lowest BCUT2D eigenvalue weighted by atomic mass is 10.1. The fraction of sp³-hybridized carbons (Fsp3) is 0.462. The van der Waals surface area contributed by atoms with Gasteiger partial charge in [0, 0.05) is 25.7 Å². The Balaban J connectivity index is 0.00000324. The third-order valence-corrected chi connectivity index (χ3v) is 2.76. The molecule has 0 amide bonds. The van der Waals surface area contributed by atoms with Gasteiger partial charge in [0.2, 0.25) is 0 Å². The van der Waals surface area contributed by atoms with Gasteiger partial charge in [-0.3, -0.25) is 4.99 Å². The summed E-state index contributed by atoms with van der Waals surface area (Å²) < 4.78 is 26.0. The number of hydrogen-bond acceptors (Lipinski definition) is 1. The van der Waals surface area contributed by atoms with Crippen molar-refractivity contribution < 1.29 is 8.78 Å². The third-order valence-electron chi connectivity index (χ3n) is 2.76. The Labute approximate surface area is 129 Å². The van der Waals surface area contributed by atoms with Crippen LogP contribution in [0.15, 0.2) is 23.2 Å². The first-order valence-electron chi connectivity index (χ1n) is 6.07. The van der Waals surface area contributed by atoms with E-state index in [1.807, 2.05) is 18.7 Å². The number of nitrogens with two attached hydrogens (primary N) is 1. The second-order valence-electron chi connectivity index (χ2n) is 3.90. The van der Waals surface area contributed by atoms with Crippen molar-refractivity contribution in [1.29, 1.82) is 0 Å². The molecule has 0 radical (unpaired) electrons. The van der Waals surface area contributed by atoms with Crippen molar-refractivity contribution in [3.8, 4) is 0 Å². The molecule has 0 atom stereocenters. The van der Waals surface area contributed by atoms with Crippen LogP contribution in [0.2, 0.25) is 0 Å². The largest absolute Gasteiger partial charge is 0.370 e. The van der Waals surface area contributed by atoms with Gasteiger partial charge >= 0.3 is 0 Å². The van der Waals surface area contributed by atoms with E-state index in [2.05, 4.69) is 4.99 Å². The number of halogens is 3. The van der Waals surface area contributed by atoms with Crippen LogP contribution < -0.4 is 5.73 Å². The molecule has 1 aromatic rings. The molecule has 0 spiro atoms. The third kappa shape index (κ3) is 5.71. The molecule has 0 bridgehead atoms. The van der Waals surface area contributed by atoms with E-state index in [0.29, 0.717) is 24.5 Å². The van der Waals surface area contributed by atoms with E-state index in [4.69, 9.17) is 5.73 Å². The fourth-order valence-corrected chi connectivity index (χ4v) is 1.66. The highest BCUT2D eigenvalue weighted by atomic mass is 127. The summed E-state index contributed by atoms with van der Waals surface area (Å²) in [5.41, 5.74) is 6.24. The van der Waals surface area contributed by atoms with Crippen molar-refractivity contribution in [3.63, 3.8) is 0 Å². The predicted octanol–water partition coefficient (Wildman–Crippen LogP) is 2.78. The lowest BCUT2D eigenvalue weighted by Gasteiger charge is -2.19. The first kappa shape index (κ1) is 18.1. The zero-order valence-electron chi connectivity index (χ0n) is 11.2. The molecule has 0 saturated heterocycles. The normalized spacial score (nSPS) is 11.1. The summed E-state index contributed by atoms with van der Waals surface area (Å²) in [5.74, 6) is -0.642. The van der Waals surface area contributed by atoms with E-state index >= 15 is 0 Å². The Morgan fingerprint density at radius 3 is 2.42 bits per heavy atom. The lowest BCUT2D eigenvalue weighted by Crippen LogP contribution is -2.37. The number of hydrogen-bond donors (Lipinski definition) is 1. The van der Waals surface area contributed by atoms with Gasteiger partial charge in [0.05, 0.1) is 0 Å². The summed E-state index contributed by atoms with van der Waals surface area (Å²) >= 11 is 0. The second kappa shape index (κ2) is 9.06. The van der Waals surface area contributed by atoms with Crippen molar-refractivity contribution in [1.82, 2.24) is 4.90 Å². The average molecular weight is 383 g/mol. The Morgan fingerprint density at radius 1 is 1.26 bits per heavy atom. The molecule has 0 aliphatic heterocycles. The van der Waals surface area contributed by atoms with Gasteiger partial charge in [0.15, 0.2) is 5.96 Å². The van der Waals surface area contributed by atoms with E-state index in [1.165, 1.54) is 12.1 Å². The molecule has 2 N–H and O–H groups in total. The maximum absolute atomic E-state index is 13.3. The minimum absolute atomic E-state index is 0. The molecular weight excluding hydrogens is 363 g/mol. The van der Waals surface area contributed by atoms with Crippen molar-refractivity contribution >= 4 is 29.9 Å². The molecule has 1 aromatic carbocycles. The van der Waals surface area contributed by atoms with E-state index in [9.17, 15) is 8.78 Å². The lowest BCUT2D eigenvalue weighted by molar-refractivity contribution is 0.458. The molecule has 0 aromatic heterocycles. The van der Waals surface area contributed by atoms with Crippen LogP contribution in [0.25, 0.3) is 0 Å². The van der Waals surface area contributed by atoms with Crippen molar-refractivity contribution in [2.24, 2.45) is 10.7 Å². The van der Waals surface area contributed by atoms with E-state index in [1.54, 1.807) is 0 Å². The monoisotopic (exact) mass is 383 g/mol. The highest BCUT2D eigenvalue weighted by Crippen LogP contribution is 2.10. The number of aliphatic imine (C=N–C) groups is 1. The van der Waals surface area contributed by atoms with Gasteiger partial charge in [0.25, 0.3) is 0 Å². The molecule has 3 nitrogen and oxygen atoms in total. The van der Waals surface area contributed by atoms with Crippen LogP contribution in [-0.2, 0) is 6.42 Å². The summed E-state index contributed by atoms with van der Waals surface area (Å²) in [7, 11) is 0. The average Bonchev–Trinajstić information content (AvgIpc) is 2.33. The SMILES string of the molecule is CCN(CC)C(N)=NCCc1ccc(F)cc1F.I. The molecule has 0 saturated carbocycles. The number of guanidine groups is 1. The van der Waals surface area contributed by atoms with Crippen LogP contribution in [0.1, 0.15) is 19.4 Å². The highest BCUT2D eigenvalue weighted by molar-refractivity contribution is 14.0. The highest BCUT2D eigenvalue weighted by Gasteiger charge is 2.04. The summed E-state index contributed by atoms with van der Waals surface area (Å²) in [5, 5.41) is 0. The van der Waals surface area contributed by atoms with Crippen molar-refractivity contribution in [2.75, 3.05) is 19.6 Å². The Morgan fingerprint density at radius 2 is 1.89 bits per heavy atom. The van der Waals surface area contributed by atoms with Gasteiger partial charge in [-0.1, -0.05) is 6.07 Å². The molecule has 1 rings (SSSR count). The quantitative estimate of drug-likeness (QED) is 0.483. The molecule has 0 fully saturated rings. The number of benzene rings is 1. The van der Waals surface area contributed by atoms with Gasteiger partial charge < -0.3 is 10.6 Å². The Hall–Kier alpha value is -0.920. The summed E-state index contributed by atoms with van der Waals surface area (Å²) in [6.07, 6.45) is 0.411. The maximum Gasteiger partial charge on any atom is 0.191 e. The van der Waals surface area contributed by atoms with E-state index in [0.717, 1.165) is 19.2 Å². The van der Waals surface area contributed by atoms with Gasteiger partial charge in [-0.05, 0) is 31.9 Å². The molecule has 0 aliphatic rings. The molecule has 0 unspecified atom stereocenters. The minimum atomic E-state index is -0.567. The van der Waals surface area contributed by atoms with Gasteiger partial charge in [-0.2, -0.15) is 0 Å². The van der Waals surface area contributed by atoms with E-state index < -0.39 is 11.6 Å². The molecular formula is C13H20F2IN3. The standard InChI is InChI=1S/C13H19F2N3.HI/c1-3-18(4-2)13(16)17-8-7-10-5-6-11(14)9-12(10)15;/h5-6,9H,3-4,7-8H2,1-2H3,(H2,16,17);1H. The first-order chi connectivity index (χ1) is 8.58. The maximum atomic E-state index is 13.3. The molecule has 6 heteroatoms. The van der Waals surface area contributed by atoms with Crippen molar-refractivity contribution in [3.05, 3.63) is 35.4 Å². The predicted molar refractivity (Wildman–Crippen MR) is 84.9 cm³/mol. The van der Waals surface area contributed by atoms with Crippen molar-refractivity contribution in [2.45, 2.75) is 20.3 Å². The molecule has 0 heterocycles. The van der Waals surface area contributed by atoms with Gasteiger partial charge in [0.1, 0.15) is 11.6 Å². The number of rotatable bonds is 5. The molecule has 108 valence electrons. The smallest absolute Gasteiger partial charge is 0.191 e. The van der Waals surface area contributed by atoms with Crippen LogP contribution in [0, 0.1) is 11.6 Å². The van der Waals surface area contributed by atoms with Gasteiger partial charge in [-0.25, -0.2) is 8.78 Å². The molecule has 0 aliphatic carbocycles. The first-order valence-corrected chi connectivity index (χ1v) is 6.07. The van der Waals surface area contributed by atoms with Crippen LogP contribution in [0.3, 0.4) is 0 Å². The van der Waals surface area contributed by atoms with E-state index in [-0.39, 0.29) is 24.0 Å². The minimum Gasteiger partial charge on any atom is -0.370 e. The van der Waals surface area contributed by atoms with Crippen LogP contribution in [0.4, 0.5) is 8.78 Å². The number of nitrogens with zero attached hydrogens (tertiary/aromatic N) is 2. The zero-order chi connectivity index (χ0) is 13.5. The van der Waals surface area contributed by atoms with Crippen LogP contribution in [0.5, 0.6) is 0 Å².